The van der Waals surface area contributed by atoms with Gasteiger partial charge in [0.2, 0.25) is 5.91 Å². The number of aryl methyl sites for hydroxylation is 2. The minimum absolute atomic E-state index is 0.135. The van der Waals surface area contributed by atoms with Crippen molar-refractivity contribution in [2.24, 2.45) is 0 Å². The van der Waals surface area contributed by atoms with E-state index in [0.29, 0.717) is 28.1 Å². The van der Waals surface area contributed by atoms with Crippen LogP contribution >= 0.6 is 23.4 Å². The van der Waals surface area contributed by atoms with Crippen molar-refractivity contribution in [2.45, 2.75) is 32.1 Å². The van der Waals surface area contributed by atoms with Gasteiger partial charge in [-0.25, -0.2) is 0 Å². The number of rotatable bonds is 9. The number of aromatic nitrogens is 3. The van der Waals surface area contributed by atoms with Gasteiger partial charge in [0, 0.05) is 22.8 Å². The number of halogens is 1. The number of benzene rings is 2. The van der Waals surface area contributed by atoms with Gasteiger partial charge in [-0.3, -0.25) is 9.59 Å². The molecule has 2 amide bonds. The van der Waals surface area contributed by atoms with Gasteiger partial charge in [0.15, 0.2) is 11.0 Å². The minimum Gasteiger partial charge on any atom is -0.345 e. The van der Waals surface area contributed by atoms with Crippen molar-refractivity contribution in [1.29, 1.82) is 0 Å². The average Bonchev–Trinajstić information content (AvgIpc) is 3.15. The number of anilines is 1. The van der Waals surface area contributed by atoms with E-state index in [1.807, 2.05) is 36.6 Å². The third-order valence-corrected chi connectivity index (χ3v) is 5.96. The van der Waals surface area contributed by atoms with Gasteiger partial charge in [0.1, 0.15) is 0 Å². The molecule has 0 bridgehead atoms. The van der Waals surface area contributed by atoms with Crippen LogP contribution in [0.4, 0.5) is 5.69 Å². The molecular weight excluding hydrogens is 446 g/mol. The highest BCUT2D eigenvalue weighted by molar-refractivity contribution is 7.99. The molecule has 3 rings (SSSR count). The summed E-state index contributed by atoms with van der Waals surface area (Å²) in [5, 5.41) is 15.2. The fourth-order valence-corrected chi connectivity index (χ4v) is 3.77. The molecule has 0 aliphatic heterocycles. The van der Waals surface area contributed by atoms with Crippen molar-refractivity contribution < 1.29 is 9.59 Å². The highest BCUT2D eigenvalue weighted by Crippen LogP contribution is 2.19. The predicted molar refractivity (Wildman–Crippen MR) is 128 cm³/mol. The maximum atomic E-state index is 12.4. The van der Waals surface area contributed by atoms with E-state index in [2.05, 4.69) is 27.4 Å². The first-order chi connectivity index (χ1) is 15.4. The second-order valence-electron chi connectivity index (χ2n) is 7.12. The van der Waals surface area contributed by atoms with E-state index >= 15 is 0 Å². The van der Waals surface area contributed by atoms with Gasteiger partial charge in [-0.05, 0) is 61.4 Å². The zero-order valence-corrected chi connectivity index (χ0v) is 19.5. The van der Waals surface area contributed by atoms with Gasteiger partial charge in [0.05, 0.1) is 12.3 Å². The van der Waals surface area contributed by atoms with Crippen molar-refractivity contribution >= 4 is 40.9 Å². The van der Waals surface area contributed by atoms with Crippen LogP contribution in [0.2, 0.25) is 5.02 Å². The predicted octanol–water partition coefficient (Wildman–Crippen LogP) is 4.40. The lowest BCUT2D eigenvalue weighted by Crippen LogP contribution is -2.24. The molecule has 0 saturated heterocycles. The standard InChI is InChI=1S/C23H24ClN5O2S/c1-4-11-29-20(13-25-22(31)17-6-8-18(24)9-7-17)27-28-23(29)32-14-21(30)26-19-10-5-15(2)16(3)12-19/h4-10,12H,1,11,13-14H2,2-3H3,(H,25,31)(H,26,30). The number of hydrogen-bond acceptors (Lipinski definition) is 5. The van der Waals surface area contributed by atoms with E-state index in [0.717, 1.165) is 11.3 Å². The molecule has 3 aromatic rings. The summed E-state index contributed by atoms with van der Waals surface area (Å²) in [5.74, 6) is 0.379. The fraction of sp³-hybridized carbons (Fsp3) is 0.217. The molecule has 0 radical (unpaired) electrons. The van der Waals surface area contributed by atoms with Gasteiger partial charge in [-0.1, -0.05) is 35.5 Å². The van der Waals surface area contributed by atoms with Crippen LogP contribution in [0.1, 0.15) is 27.3 Å². The number of nitrogens with zero attached hydrogens (tertiary/aromatic N) is 3. The van der Waals surface area contributed by atoms with Crippen molar-refractivity contribution in [1.82, 2.24) is 20.1 Å². The highest BCUT2D eigenvalue weighted by atomic mass is 35.5. The second-order valence-corrected chi connectivity index (χ2v) is 8.50. The first kappa shape index (κ1) is 23.6. The normalized spacial score (nSPS) is 10.6. The molecule has 0 aliphatic carbocycles. The van der Waals surface area contributed by atoms with Crippen molar-refractivity contribution in [3.63, 3.8) is 0 Å². The lowest BCUT2D eigenvalue weighted by Gasteiger charge is -2.10. The molecule has 0 spiro atoms. The zero-order valence-electron chi connectivity index (χ0n) is 17.9. The Morgan fingerprint density at radius 1 is 1.12 bits per heavy atom. The van der Waals surface area contributed by atoms with Crippen molar-refractivity contribution in [2.75, 3.05) is 11.1 Å². The van der Waals surface area contributed by atoms with E-state index < -0.39 is 0 Å². The molecule has 0 atom stereocenters. The lowest BCUT2D eigenvalue weighted by atomic mass is 10.1. The number of carbonyl (C=O) groups is 2. The van der Waals surface area contributed by atoms with Crippen LogP contribution in [-0.4, -0.2) is 32.3 Å². The molecule has 2 aromatic carbocycles. The Bertz CT molecular complexity index is 1130. The van der Waals surface area contributed by atoms with Crippen LogP contribution in [0.3, 0.4) is 0 Å². The topological polar surface area (TPSA) is 88.9 Å². The first-order valence-electron chi connectivity index (χ1n) is 9.94. The van der Waals surface area contributed by atoms with Crippen LogP contribution in [-0.2, 0) is 17.9 Å². The fourth-order valence-electron chi connectivity index (χ4n) is 2.88. The van der Waals surface area contributed by atoms with Crippen LogP contribution in [0.5, 0.6) is 0 Å². The van der Waals surface area contributed by atoms with Gasteiger partial charge < -0.3 is 15.2 Å². The molecule has 1 heterocycles. The molecule has 32 heavy (non-hydrogen) atoms. The monoisotopic (exact) mass is 469 g/mol. The Balaban J connectivity index is 1.60. The van der Waals surface area contributed by atoms with Crippen molar-refractivity contribution in [3.8, 4) is 0 Å². The summed E-state index contributed by atoms with van der Waals surface area (Å²) < 4.78 is 1.82. The summed E-state index contributed by atoms with van der Waals surface area (Å²) in [6, 6.07) is 12.4. The van der Waals surface area contributed by atoms with E-state index in [4.69, 9.17) is 11.6 Å². The van der Waals surface area contributed by atoms with Crippen LogP contribution in [0.25, 0.3) is 0 Å². The average molecular weight is 470 g/mol. The Hall–Kier alpha value is -3.10. The highest BCUT2D eigenvalue weighted by Gasteiger charge is 2.15. The maximum absolute atomic E-state index is 12.4. The Kier molecular flexibility index (Phi) is 8.08. The van der Waals surface area contributed by atoms with Crippen LogP contribution in [0, 0.1) is 13.8 Å². The Morgan fingerprint density at radius 2 is 1.88 bits per heavy atom. The largest absolute Gasteiger partial charge is 0.345 e. The molecule has 1 aromatic heterocycles. The molecule has 0 aliphatic rings. The maximum Gasteiger partial charge on any atom is 0.251 e. The summed E-state index contributed by atoms with van der Waals surface area (Å²) in [6.07, 6.45) is 1.72. The number of amides is 2. The first-order valence-corrected chi connectivity index (χ1v) is 11.3. The van der Waals surface area contributed by atoms with E-state index in [9.17, 15) is 9.59 Å². The smallest absolute Gasteiger partial charge is 0.251 e. The number of hydrogen-bond donors (Lipinski definition) is 2. The van der Waals surface area contributed by atoms with E-state index in [-0.39, 0.29) is 24.1 Å². The summed E-state index contributed by atoms with van der Waals surface area (Å²) >= 11 is 7.14. The molecule has 0 saturated carbocycles. The Morgan fingerprint density at radius 3 is 2.56 bits per heavy atom. The van der Waals surface area contributed by atoms with E-state index in [1.54, 1.807) is 30.3 Å². The number of carbonyl (C=O) groups excluding carboxylic acids is 2. The molecule has 7 nitrogen and oxygen atoms in total. The lowest BCUT2D eigenvalue weighted by molar-refractivity contribution is -0.113. The van der Waals surface area contributed by atoms with Crippen LogP contribution in [0.15, 0.2) is 60.3 Å². The van der Waals surface area contributed by atoms with Crippen LogP contribution < -0.4 is 10.6 Å². The summed E-state index contributed by atoms with van der Waals surface area (Å²) in [5.41, 5.74) is 3.55. The SMILES string of the molecule is C=CCn1c(CNC(=O)c2ccc(Cl)cc2)nnc1SCC(=O)Nc1ccc(C)c(C)c1. The zero-order chi connectivity index (χ0) is 23.1. The third-order valence-electron chi connectivity index (χ3n) is 4.74. The molecule has 0 fully saturated rings. The summed E-state index contributed by atoms with van der Waals surface area (Å²) in [6.45, 7) is 8.45. The second kappa shape index (κ2) is 11.0. The number of thioether (sulfide) groups is 1. The van der Waals surface area contributed by atoms with Gasteiger partial charge >= 0.3 is 0 Å². The number of allylic oxidation sites excluding steroid dienone is 1. The molecule has 2 N–H and O–H groups in total. The van der Waals surface area contributed by atoms with Gasteiger partial charge in [0.25, 0.3) is 5.91 Å². The van der Waals surface area contributed by atoms with Gasteiger partial charge in [-0.2, -0.15) is 0 Å². The number of nitrogens with one attached hydrogen (secondary N) is 2. The molecule has 0 unspecified atom stereocenters. The molecular formula is C23H24ClN5O2S. The summed E-state index contributed by atoms with van der Waals surface area (Å²) in [4.78, 5) is 24.7. The molecule has 166 valence electrons. The summed E-state index contributed by atoms with van der Waals surface area (Å²) in [7, 11) is 0. The van der Waals surface area contributed by atoms with E-state index in [1.165, 1.54) is 17.3 Å². The Labute approximate surface area is 196 Å². The molecule has 9 heteroatoms. The third kappa shape index (κ3) is 6.21. The minimum atomic E-state index is -0.239. The van der Waals surface area contributed by atoms with Crippen molar-refractivity contribution in [3.05, 3.63) is 82.7 Å². The quantitative estimate of drug-likeness (QED) is 0.358. The van der Waals surface area contributed by atoms with Gasteiger partial charge in [-0.15, -0.1) is 16.8 Å².